The zero-order valence-electron chi connectivity index (χ0n) is 15.1. The van der Waals surface area contributed by atoms with Crippen molar-refractivity contribution < 1.29 is 14.0 Å². The fourth-order valence-corrected chi connectivity index (χ4v) is 3.12. The Labute approximate surface area is 148 Å². The van der Waals surface area contributed by atoms with Gasteiger partial charge in [-0.25, -0.2) is 0 Å². The average Bonchev–Trinajstić information content (AvgIpc) is 3.34. The predicted octanol–water partition coefficient (Wildman–Crippen LogP) is 3.05. The first-order chi connectivity index (χ1) is 12.0. The third-order valence-corrected chi connectivity index (χ3v) is 4.71. The minimum absolute atomic E-state index is 0.0601. The third-order valence-electron chi connectivity index (χ3n) is 4.71. The van der Waals surface area contributed by atoms with Crippen molar-refractivity contribution >= 4 is 22.8 Å². The molecule has 1 aliphatic rings. The maximum Gasteiger partial charge on any atom is 0.224 e. The Morgan fingerprint density at radius 1 is 1.20 bits per heavy atom. The van der Waals surface area contributed by atoms with E-state index in [2.05, 4.69) is 37.5 Å². The van der Waals surface area contributed by atoms with Crippen molar-refractivity contribution in [3.63, 3.8) is 0 Å². The first-order valence-electron chi connectivity index (χ1n) is 9.00. The van der Waals surface area contributed by atoms with Crippen molar-refractivity contribution in [1.82, 2.24) is 10.6 Å². The van der Waals surface area contributed by atoms with Crippen LogP contribution in [0.15, 0.2) is 22.8 Å². The Hall–Kier alpha value is -2.30. The number of benzene rings is 1. The van der Waals surface area contributed by atoms with E-state index in [1.807, 2.05) is 6.07 Å². The van der Waals surface area contributed by atoms with Crippen molar-refractivity contribution in [2.45, 2.75) is 46.0 Å². The van der Waals surface area contributed by atoms with Crippen molar-refractivity contribution in [3.05, 3.63) is 35.1 Å². The molecule has 0 bridgehead atoms. The second-order valence-electron chi connectivity index (χ2n) is 7.21. The minimum Gasteiger partial charge on any atom is -0.464 e. The molecule has 0 atom stereocenters. The van der Waals surface area contributed by atoms with Crippen LogP contribution in [0.3, 0.4) is 0 Å². The maximum absolute atomic E-state index is 12.2. The normalized spacial score (nSPS) is 14.1. The van der Waals surface area contributed by atoms with Gasteiger partial charge in [0, 0.05) is 30.0 Å². The molecule has 2 N–H and O–H groups in total. The smallest absolute Gasteiger partial charge is 0.224 e. The molecule has 1 aromatic heterocycles. The van der Waals surface area contributed by atoms with E-state index < -0.39 is 0 Å². The number of nitrogens with one attached hydrogen (secondary N) is 2. The van der Waals surface area contributed by atoms with Gasteiger partial charge in [-0.2, -0.15) is 0 Å². The fourth-order valence-electron chi connectivity index (χ4n) is 3.12. The first kappa shape index (κ1) is 17.5. The molecule has 2 aromatic rings. The molecule has 0 radical (unpaired) electrons. The number of amides is 2. The Balaban J connectivity index is 1.57. The number of carbonyl (C=O) groups excluding carboxylic acids is 2. The second-order valence-corrected chi connectivity index (χ2v) is 7.21. The van der Waals surface area contributed by atoms with Gasteiger partial charge >= 0.3 is 0 Å². The van der Waals surface area contributed by atoms with Gasteiger partial charge in [-0.15, -0.1) is 0 Å². The topological polar surface area (TPSA) is 71.3 Å². The van der Waals surface area contributed by atoms with Crippen LogP contribution < -0.4 is 10.6 Å². The van der Waals surface area contributed by atoms with Crippen molar-refractivity contribution in [3.8, 4) is 0 Å². The second kappa shape index (κ2) is 7.30. The van der Waals surface area contributed by atoms with Crippen molar-refractivity contribution in [2.24, 2.45) is 5.92 Å². The number of aryl methyl sites for hydroxylation is 1. The number of carbonyl (C=O) groups is 2. The van der Waals surface area contributed by atoms with Crippen LogP contribution in [0.2, 0.25) is 0 Å². The van der Waals surface area contributed by atoms with Crippen LogP contribution in [0.1, 0.15) is 49.3 Å². The van der Waals surface area contributed by atoms with E-state index >= 15 is 0 Å². The van der Waals surface area contributed by atoms with Gasteiger partial charge in [0.25, 0.3) is 0 Å². The summed E-state index contributed by atoms with van der Waals surface area (Å²) in [6.07, 6.45) is 3.93. The Morgan fingerprint density at radius 3 is 2.60 bits per heavy atom. The Bertz CT molecular complexity index is 788. The molecule has 3 rings (SSSR count). The fraction of sp³-hybridized carbons (Fsp3) is 0.500. The van der Waals surface area contributed by atoms with E-state index in [9.17, 15) is 9.59 Å². The molecular formula is C20H26N2O3. The maximum atomic E-state index is 12.2. The Morgan fingerprint density at radius 2 is 1.92 bits per heavy atom. The summed E-state index contributed by atoms with van der Waals surface area (Å²) in [5, 5.41) is 6.70. The van der Waals surface area contributed by atoms with E-state index in [0.717, 1.165) is 29.4 Å². The quantitative estimate of drug-likeness (QED) is 0.760. The number of hydrogen-bond acceptors (Lipinski definition) is 3. The largest absolute Gasteiger partial charge is 0.464 e. The van der Waals surface area contributed by atoms with Crippen molar-refractivity contribution in [1.29, 1.82) is 0 Å². The predicted molar refractivity (Wildman–Crippen MR) is 97.5 cm³/mol. The van der Waals surface area contributed by atoms with E-state index in [4.69, 9.17) is 4.42 Å². The molecule has 0 aliphatic heterocycles. The lowest BCUT2D eigenvalue weighted by atomic mass is 9.95. The van der Waals surface area contributed by atoms with Gasteiger partial charge in [-0.3, -0.25) is 9.59 Å². The lowest BCUT2D eigenvalue weighted by Gasteiger charge is -2.10. The highest BCUT2D eigenvalue weighted by molar-refractivity contribution is 5.88. The van der Waals surface area contributed by atoms with E-state index in [1.165, 1.54) is 11.1 Å². The zero-order valence-corrected chi connectivity index (χ0v) is 15.1. The first-order valence-corrected chi connectivity index (χ1v) is 9.00. The van der Waals surface area contributed by atoms with Crippen LogP contribution in [-0.4, -0.2) is 24.9 Å². The Kier molecular flexibility index (Phi) is 5.11. The molecule has 5 heteroatoms. The van der Waals surface area contributed by atoms with Crippen LogP contribution in [0.25, 0.3) is 11.0 Å². The zero-order chi connectivity index (χ0) is 18.0. The molecule has 1 saturated carbocycles. The summed E-state index contributed by atoms with van der Waals surface area (Å²) in [6, 6.07) is 4.18. The summed E-state index contributed by atoms with van der Waals surface area (Å²) in [6.45, 7) is 7.33. The molecule has 134 valence electrons. The minimum atomic E-state index is -0.0601. The summed E-state index contributed by atoms with van der Waals surface area (Å²) in [7, 11) is 0. The highest BCUT2D eigenvalue weighted by Gasteiger charge is 2.29. The number of rotatable bonds is 7. The van der Waals surface area contributed by atoms with Gasteiger partial charge in [0.1, 0.15) is 5.58 Å². The highest BCUT2D eigenvalue weighted by atomic mass is 16.3. The van der Waals surface area contributed by atoms with Gasteiger partial charge in [-0.05, 0) is 48.9 Å². The number of furan rings is 1. The van der Waals surface area contributed by atoms with Crippen LogP contribution in [0.5, 0.6) is 0 Å². The van der Waals surface area contributed by atoms with Crippen molar-refractivity contribution in [2.75, 3.05) is 13.1 Å². The summed E-state index contributed by atoms with van der Waals surface area (Å²) < 4.78 is 5.62. The molecule has 1 heterocycles. The molecule has 25 heavy (non-hydrogen) atoms. The molecule has 1 fully saturated rings. The standard InChI is InChI=1S/C20H26N2O3/c1-12(2)16-10-17-15(11-25-18(17)8-13(16)3)9-19(23)21-6-7-22-20(24)14-4-5-14/h8,10-12,14H,4-7,9H2,1-3H3,(H,21,23)(H,22,24). The van der Waals surface area contributed by atoms with E-state index in [-0.39, 0.29) is 24.2 Å². The van der Waals surface area contributed by atoms with Gasteiger partial charge in [0.2, 0.25) is 11.8 Å². The highest BCUT2D eigenvalue weighted by Crippen LogP contribution is 2.29. The SMILES string of the molecule is Cc1cc2occ(CC(=O)NCCNC(=O)C3CC3)c2cc1C(C)C. The molecule has 0 unspecified atom stereocenters. The molecule has 5 nitrogen and oxygen atoms in total. The third kappa shape index (κ3) is 4.21. The monoisotopic (exact) mass is 342 g/mol. The summed E-state index contributed by atoms with van der Waals surface area (Å²) in [5.41, 5.74) is 4.20. The molecule has 2 amide bonds. The molecule has 1 aliphatic carbocycles. The van der Waals surface area contributed by atoms with E-state index in [1.54, 1.807) is 6.26 Å². The van der Waals surface area contributed by atoms with Crippen LogP contribution in [0.4, 0.5) is 0 Å². The number of hydrogen-bond donors (Lipinski definition) is 2. The van der Waals surface area contributed by atoms with Gasteiger partial charge in [0.15, 0.2) is 0 Å². The lowest BCUT2D eigenvalue weighted by Crippen LogP contribution is -2.35. The average molecular weight is 342 g/mol. The molecule has 0 spiro atoms. The summed E-state index contributed by atoms with van der Waals surface area (Å²) in [5.74, 6) is 0.671. The molecule has 1 aromatic carbocycles. The summed E-state index contributed by atoms with van der Waals surface area (Å²) in [4.78, 5) is 23.7. The molecule has 0 saturated heterocycles. The van der Waals surface area contributed by atoms with Gasteiger partial charge in [0.05, 0.1) is 12.7 Å². The van der Waals surface area contributed by atoms with Crippen LogP contribution >= 0.6 is 0 Å². The van der Waals surface area contributed by atoms with Crippen LogP contribution in [0, 0.1) is 12.8 Å². The van der Waals surface area contributed by atoms with Gasteiger partial charge < -0.3 is 15.1 Å². The van der Waals surface area contributed by atoms with E-state index in [0.29, 0.717) is 19.0 Å². The number of fused-ring (bicyclic) bond motifs is 1. The molecular weight excluding hydrogens is 316 g/mol. The summed E-state index contributed by atoms with van der Waals surface area (Å²) >= 11 is 0. The van der Waals surface area contributed by atoms with Gasteiger partial charge in [-0.1, -0.05) is 13.8 Å². The van der Waals surface area contributed by atoms with Crippen LogP contribution in [-0.2, 0) is 16.0 Å². The lowest BCUT2D eigenvalue weighted by molar-refractivity contribution is -0.123.